The Hall–Kier alpha value is -1.23. The molecular weight excluding hydrogens is 207 g/mol. The van der Waals surface area contributed by atoms with Crippen LogP contribution in [-0.2, 0) is 0 Å². The van der Waals surface area contributed by atoms with Crippen molar-refractivity contribution in [3.63, 3.8) is 0 Å². The normalized spacial score (nSPS) is 19.2. The van der Waals surface area contributed by atoms with Crippen LogP contribution in [0.3, 0.4) is 0 Å². The van der Waals surface area contributed by atoms with E-state index in [0.717, 1.165) is 12.8 Å². The third-order valence-electron chi connectivity index (χ3n) is 3.27. The molecule has 0 aliphatic heterocycles. The number of anilines is 1. The summed E-state index contributed by atoms with van der Waals surface area (Å²) in [5.74, 6) is 0.391. The van der Waals surface area contributed by atoms with Crippen LogP contribution < -0.4 is 11.1 Å². The fourth-order valence-corrected chi connectivity index (χ4v) is 1.86. The van der Waals surface area contributed by atoms with Crippen LogP contribution in [0.2, 0.25) is 0 Å². The zero-order chi connectivity index (χ0) is 11.8. The maximum atomic E-state index is 13.7. The van der Waals surface area contributed by atoms with Crippen LogP contribution in [0.5, 0.6) is 0 Å². The Morgan fingerprint density at radius 2 is 2.25 bits per heavy atom. The highest BCUT2D eigenvalue weighted by atomic mass is 19.1. The van der Waals surface area contributed by atoms with Gasteiger partial charge >= 0.3 is 0 Å². The highest BCUT2D eigenvalue weighted by Crippen LogP contribution is 2.40. The van der Waals surface area contributed by atoms with E-state index in [2.05, 4.69) is 15.3 Å². The van der Waals surface area contributed by atoms with E-state index in [1.807, 2.05) is 6.92 Å². The number of hydrogen-bond donors (Lipinski definition) is 2. The van der Waals surface area contributed by atoms with Gasteiger partial charge in [0.15, 0.2) is 11.6 Å². The lowest BCUT2D eigenvalue weighted by Crippen LogP contribution is -2.45. The predicted octanol–water partition coefficient (Wildman–Crippen LogP) is 1.46. The highest BCUT2D eigenvalue weighted by molar-refractivity contribution is 5.40. The summed E-state index contributed by atoms with van der Waals surface area (Å²) in [6, 6.07) is 0. The number of aromatic nitrogens is 2. The van der Waals surface area contributed by atoms with E-state index in [0.29, 0.717) is 18.2 Å². The van der Waals surface area contributed by atoms with Gasteiger partial charge < -0.3 is 11.1 Å². The second-order valence-corrected chi connectivity index (χ2v) is 4.64. The molecule has 0 radical (unpaired) electrons. The monoisotopic (exact) mass is 224 g/mol. The molecule has 1 aromatic rings. The van der Waals surface area contributed by atoms with Crippen molar-refractivity contribution in [2.75, 3.05) is 11.9 Å². The number of nitrogens with zero attached hydrogens (tertiary/aromatic N) is 2. The second kappa shape index (κ2) is 3.97. The van der Waals surface area contributed by atoms with Crippen molar-refractivity contribution < 1.29 is 4.39 Å². The van der Waals surface area contributed by atoms with Gasteiger partial charge in [0.2, 0.25) is 0 Å². The summed E-state index contributed by atoms with van der Waals surface area (Å²) < 4.78 is 13.7. The molecular formula is C11H17FN4. The molecule has 0 spiro atoms. The van der Waals surface area contributed by atoms with Gasteiger partial charge in [-0.15, -0.1) is 0 Å². The number of hydrogen-bond acceptors (Lipinski definition) is 4. The van der Waals surface area contributed by atoms with Gasteiger partial charge in [-0.2, -0.15) is 0 Å². The predicted molar refractivity (Wildman–Crippen MR) is 60.5 cm³/mol. The molecule has 0 saturated heterocycles. The van der Waals surface area contributed by atoms with Gasteiger partial charge in [-0.3, -0.25) is 0 Å². The summed E-state index contributed by atoms with van der Waals surface area (Å²) in [6.07, 6.45) is 3.66. The number of halogens is 1. The fraction of sp³-hybridized carbons (Fsp3) is 0.636. The van der Waals surface area contributed by atoms with E-state index in [1.165, 1.54) is 6.33 Å². The van der Waals surface area contributed by atoms with Gasteiger partial charge in [-0.05, 0) is 32.6 Å². The Balaban J connectivity index is 2.22. The van der Waals surface area contributed by atoms with Gasteiger partial charge in [0, 0.05) is 6.54 Å². The van der Waals surface area contributed by atoms with Crippen molar-refractivity contribution in [1.82, 2.24) is 9.97 Å². The van der Waals surface area contributed by atoms with Crippen molar-refractivity contribution in [3.05, 3.63) is 17.8 Å². The minimum Gasteiger partial charge on any atom is -0.361 e. The Bertz CT molecular complexity index is 392. The van der Waals surface area contributed by atoms with Crippen LogP contribution in [0.4, 0.5) is 10.2 Å². The Kier molecular flexibility index (Phi) is 2.80. The summed E-state index contributed by atoms with van der Waals surface area (Å²) >= 11 is 0. The third-order valence-corrected chi connectivity index (χ3v) is 3.27. The van der Waals surface area contributed by atoms with Crippen molar-refractivity contribution in [2.45, 2.75) is 32.2 Å². The number of nitrogens with two attached hydrogens (primary N) is 1. The molecule has 5 heteroatoms. The van der Waals surface area contributed by atoms with E-state index in [1.54, 1.807) is 6.92 Å². The summed E-state index contributed by atoms with van der Waals surface area (Å²) in [5, 5.41) is 3.12. The molecule has 88 valence electrons. The molecule has 0 bridgehead atoms. The highest BCUT2D eigenvalue weighted by Gasteiger charge is 2.41. The third kappa shape index (κ3) is 2.00. The first-order chi connectivity index (χ1) is 7.57. The van der Waals surface area contributed by atoms with Crippen LogP contribution in [0.1, 0.15) is 25.5 Å². The molecule has 1 heterocycles. The molecule has 0 amide bonds. The van der Waals surface area contributed by atoms with Gasteiger partial charge in [0.25, 0.3) is 0 Å². The first-order valence-corrected chi connectivity index (χ1v) is 5.52. The van der Waals surface area contributed by atoms with Gasteiger partial charge in [-0.25, -0.2) is 14.4 Å². The Morgan fingerprint density at radius 3 is 2.81 bits per heavy atom. The molecule has 2 rings (SSSR count). The zero-order valence-electron chi connectivity index (χ0n) is 9.63. The molecule has 1 unspecified atom stereocenters. The minimum absolute atomic E-state index is 0.257. The second-order valence-electron chi connectivity index (χ2n) is 4.64. The molecule has 3 N–H and O–H groups in total. The quantitative estimate of drug-likeness (QED) is 0.812. The average molecular weight is 224 g/mol. The van der Waals surface area contributed by atoms with E-state index < -0.39 is 0 Å². The molecule has 1 aliphatic rings. The molecule has 1 atom stereocenters. The van der Waals surface area contributed by atoms with Crippen LogP contribution in [-0.4, -0.2) is 22.1 Å². The van der Waals surface area contributed by atoms with Crippen molar-refractivity contribution in [3.8, 4) is 0 Å². The number of aryl methyl sites for hydroxylation is 1. The lowest BCUT2D eigenvalue weighted by molar-refractivity contribution is 0.452. The zero-order valence-corrected chi connectivity index (χ0v) is 9.63. The van der Waals surface area contributed by atoms with Crippen LogP contribution in [0, 0.1) is 18.7 Å². The van der Waals surface area contributed by atoms with Gasteiger partial charge in [0.1, 0.15) is 6.33 Å². The molecule has 16 heavy (non-hydrogen) atoms. The standard InChI is InChI=1S/C11H17FN4/c1-7-9(12)10(15-6-14-7)16-11(2,5-13)8-3-4-8/h6,8H,3-5,13H2,1-2H3,(H,14,15,16). The maximum absolute atomic E-state index is 13.7. The van der Waals surface area contributed by atoms with Crippen molar-refractivity contribution in [2.24, 2.45) is 11.7 Å². The lowest BCUT2D eigenvalue weighted by atomic mass is 9.96. The molecule has 1 aromatic heterocycles. The van der Waals surface area contributed by atoms with E-state index in [9.17, 15) is 4.39 Å². The fourth-order valence-electron chi connectivity index (χ4n) is 1.86. The molecule has 4 nitrogen and oxygen atoms in total. The maximum Gasteiger partial charge on any atom is 0.186 e. The smallest absolute Gasteiger partial charge is 0.186 e. The van der Waals surface area contributed by atoms with Crippen LogP contribution in [0.25, 0.3) is 0 Å². The van der Waals surface area contributed by atoms with E-state index >= 15 is 0 Å². The van der Waals surface area contributed by atoms with Gasteiger partial charge in [-0.1, -0.05) is 0 Å². The van der Waals surface area contributed by atoms with Crippen LogP contribution >= 0.6 is 0 Å². The largest absolute Gasteiger partial charge is 0.361 e. The van der Waals surface area contributed by atoms with Crippen molar-refractivity contribution in [1.29, 1.82) is 0 Å². The molecule has 1 saturated carbocycles. The van der Waals surface area contributed by atoms with E-state index in [-0.39, 0.29) is 17.2 Å². The summed E-state index contributed by atoms with van der Waals surface area (Å²) in [5.41, 5.74) is 5.85. The summed E-state index contributed by atoms with van der Waals surface area (Å²) in [4.78, 5) is 7.73. The van der Waals surface area contributed by atoms with E-state index in [4.69, 9.17) is 5.73 Å². The topological polar surface area (TPSA) is 63.8 Å². The van der Waals surface area contributed by atoms with Crippen LogP contribution in [0.15, 0.2) is 6.33 Å². The number of nitrogens with one attached hydrogen (secondary N) is 1. The van der Waals surface area contributed by atoms with Gasteiger partial charge in [0.05, 0.1) is 11.2 Å². The first kappa shape index (κ1) is 11.3. The Morgan fingerprint density at radius 1 is 1.56 bits per heavy atom. The molecule has 1 aliphatic carbocycles. The van der Waals surface area contributed by atoms with Crippen molar-refractivity contribution >= 4 is 5.82 Å². The lowest BCUT2D eigenvalue weighted by Gasteiger charge is -2.30. The molecule has 0 aromatic carbocycles. The number of rotatable bonds is 4. The minimum atomic E-state index is -0.386. The first-order valence-electron chi connectivity index (χ1n) is 5.52. The summed E-state index contributed by atoms with van der Waals surface area (Å²) in [6.45, 7) is 4.11. The average Bonchev–Trinajstić information content (AvgIpc) is 3.08. The summed E-state index contributed by atoms with van der Waals surface area (Å²) in [7, 11) is 0. The molecule has 1 fully saturated rings. The Labute approximate surface area is 94.5 Å². The SMILES string of the molecule is Cc1ncnc(NC(C)(CN)C2CC2)c1F.